The van der Waals surface area contributed by atoms with E-state index in [1.54, 1.807) is 0 Å². The van der Waals surface area contributed by atoms with Crippen LogP contribution in [0.2, 0.25) is 0 Å². The maximum Gasteiger partial charge on any atom is 0.472 e. The summed E-state index contributed by atoms with van der Waals surface area (Å²) in [5.74, 6) is 0.939. The molecule has 0 spiro atoms. The van der Waals surface area contributed by atoms with Crippen LogP contribution in [0.5, 0.6) is 0 Å². The molecule has 19 heteroatoms. The standard InChI is InChI=1S/C73H142O17P2/c1-9-64(6)50-42-34-26-22-18-14-12-13-15-19-24-28-39-47-55-72(77)89-68(59-83-70(75)53-45-37-27-23-20-16-17-21-25-33-41-49-63(4)5)61-87-91(79,80)85-57-67(74)58-86-92(81,82)88-62-69(90-73(78)56-48-40-32-30-36-44-52-66(8)11-3)60-84-71(76)54-46-38-31-29-35-43-51-65(7)10-2/h63-69,74H,9-62H2,1-8H3,(H,79,80)(H,81,82)/t64?,65?,66?,67-,68-,69-/m1/s1. The molecule has 92 heavy (non-hydrogen) atoms. The molecule has 0 aromatic heterocycles. The van der Waals surface area contributed by atoms with Gasteiger partial charge < -0.3 is 33.8 Å². The predicted molar refractivity (Wildman–Crippen MR) is 372 cm³/mol. The van der Waals surface area contributed by atoms with Crippen LogP contribution in [0.1, 0.15) is 364 Å². The molecule has 0 aliphatic heterocycles. The van der Waals surface area contributed by atoms with Crippen LogP contribution < -0.4 is 0 Å². The van der Waals surface area contributed by atoms with Crippen LogP contribution in [0.4, 0.5) is 0 Å². The summed E-state index contributed by atoms with van der Waals surface area (Å²) < 4.78 is 68.4. The number of rotatable bonds is 70. The Bertz CT molecular complexity index is 1820. The first-order valence-electron chi connectivity index (χ1n) is 37.8. The first-order valence-corrected chi connectivity index (χ1v) is 40.8. The molecule has 0 rings (SSSR count). The number of unbranched alkanes of at least 4 members (excludes halogenated alkanes) is 33. The summed E-state index contributed by atoms with van der Waals surface area (Å²) in [6, 6.07) is 0. The largest absolute Gasteiger partial charge is 0.472 e. The minimum Gasteiger partial charge on any atom is -0.462 e. The highest BCUT2D eigenvalue weighted by molar-refractivity contribution is 7.47. The normalized spacial score (nSPS) is 15.1. The first-order chi connectivity index (χ1) is 44.2. The van der Waals surface area contributed by atoms with E-state index in [1.165, 1.54) is 161 Å². The molecule has 546 valence electrons. The average Bonchev–Trinajstić information content (AvgIpc) is 3.50. The number of hydrogen-bond donors (Lipinski definition) is 3. The van der Waals surface area contributed by atoms with Crippen molar-refractivity contribution in [1.29, 1.82) is 0 Å². The van der Waals surface area contributed by atoms with Crippen molar-refractivity contribution >= 4 is 39.5 Å². The quantitative estimate of drug-likeness (QED) is 0.0222. The van der Waals surface area contributed by atoms with Gasteiger partial charge in [0.1, 0.15) is 19.3 Å². The maximum atomic E-state index is 13.1. The van der Waals surface area contributed by atoms with Gasteiger partial charge in [-0.05, 0) is 49.4 Å². The molecule has 3 N–H and O–H groups in total. The molecule has 0 saturated heterocycles. The Hall–Kier alpha value is -1.94. The molecule has 0 aliphatic rings. The van der Waals surface area contributed by atoms with E-state index in [2.05, 4.69) is 55.4 Å². The van der Waals surface area contributed by atoms with E-state index in [1.807, 2.05) is 0 Å². The van der Waals surface area contributed by atoms with Gasteiger partial charge in [-0.15, -0.1) is 0 Å². The number of aliphatic hydroxyl groups excluding tert-OH is 1. The molecule has 0 saturated carbocycles. The predicted octanol–water partition coefficient (Wildman–Crippen LogP) is 20.9. The van der Waals surface area contributed by atoms with Gasteiger partial charge in [0.15, 0.2) is 12.2 Å². The lowest BCUT2D eigenvalue weighted by atomic mass is 9.99. The Labute approximate surface area is 562 Å². The fourth-order valence-electron chi connectivity index (χ4n) is 10.9. The Morgan fingerprint density at radius 3 is 0.772 bits per heavy atom. The lowest BCUT2D eigenvalue weighted by Gasteiger charge is -2.21. The van der Waals surface area contributed by atoms with Gasteiger partial charge in [-0.1, -0.05) is 312 Å². The third-order valence-electron chi connectivity index (χ3n) is 17.9. The lowest BCUT2D eigenvalue weighted by Crippen LogP contribution is -2.30. The highest BCUT2D eigenvalue weighted by Gasteiger charge is 2.30. The summed E-state index contributed by atoms with van der Waals surface area (Å²) in [5, 5.41) is 10.6. The molecule has 0 aliphatic carbocycles. The topological polar surface area (TPSA) is 237 Å². The molecule has 5 unspecified atom stereocenters. The number of phosphoric acid groups is 2. The smallest absolute Gasteiger partial charge is 0.462 e. The third kappa shape index (κ3) is 62.8. The van der Waals surface area contributed by atoms with Crippen LogP contribution >= 0.6 is 15.6 Å². The Morgan fingerprint density at radius 2 is 0.522 bits per heavy atom. The fourth-order valence-corrected chi connectivity index (χ4v) is 12.5. The summed E-state index contributed by atoms with van der Waals surface area (Å²) in [5.41, 5.74) is 0. The van der Waals surface area contributed by atoms with Gasteiger partial charge in [0, 0.05) is 25.7 Å². The van der Waals surface area contributed by atoms with Gasteiger partial charge in [-0.2, -0.15) is 0 Å². The summed E-state index contributed by atoms with van der Waals surface area (Å²) in [6.07, 6.45) is 45.8. The number of phosphoric ester groups is 2. The van der Waals surface area contributed by atoms with Crippen molar-refractivity contribution in [2.24, 2.45) is 23.7 Å². The van der Waals surface area contributed by atoms with Crippen LogP contribution in [-0.2, 0) is 65.4 Å². The number of carbonyl (C=O) groups excluding carboxylic acids is 4. The van der Waals surface area contributed by atoms with Crippen molar-refractivity contribution in [3.63, 3.8) is 0 Å². The summed E-state index contributed by atoms with van der Waals surface area (Å²) in [4.78, 5) is 72.6. The van der Waals surface area contributed by atoms with E-state index >= 15 is 0 Å². The van der Waals surface area contributed by atoms with Crippen molar-refractivity contribution in [1.82, 2.24) is 0 Å². The molecule has 0 radical (unpaired) electrons. The fraction of sp³-hybridized carbons (Fsp3) is 0.945. The minimum atomic E-state index is -4.96. The van der Waals surface area contributed by atoms with Gasteiger partial charge in [0.2, 0.25) is 0 Å². The van der Waals surface area contributed by atoms with Crippen molar-refractivity contribution in [2.45, 2.75) is 382 Å². The molecule has 0 bridgehead atoms. The zero-order chi connectivity index (χ0) is 68.2. The molecule has 0 heterocycles. The molecular formula is C73H142O17P2. The van der Waals surface area contributed by atoms with Crippen LogP contribution in [0.3, 0.4) is 0 Å². The molecular weight excluding hydrogens is 1210 g/mol. The van der Waals surface area contributed by atoms with Gasteiger partial charge in [0.25, 0.3) is 0 Å². The molecule has 0 fully saturated rings. The van der Waals surface area contributed by atoms with E-state index in [0.717, 1.165) is 120 Å². The van der Waals surface area contributed by atoms with Crippen molar-refractivity contribution in [2.75, 3.05) is 39.6 Å². The second-order valence-electron chi connectivity index (χ2n) is 27.5. The average molecular weight is 1350 g/mol. The Morgan fingerprint density at radius 1 is 0.304 bits per heavy atom. The van der Waals surface area contributed by atoms with Crippen molar-refractivity contribution in [3.05, 3.63) is 0 Å². The minimum absolute atomic E-state index is 0.102. The Kier molecular flexibility index (Phi) is 61.3. The van der Waals surface area contributed by atoms with E-state index in [0.29, 0.717) is 25.7 Å². The van der Waals surface area contributed by atoms with Crippen molar-refractivity contribution in [3.8, 4) is 0 Å². The SMILES string of the molecule is CCC(C)CCCCCCCCCCCCCCCCC(=O)O[C@H](COC(=O)CCCCCCCCCCCCCC(C)C)COP(=O)(O)OC[C@@H](O)COP(=O)(O)OC[C@@H](COC(=O)CCCCCCCCC(C)CC)OC(=O)CCCCCCCCC(C)CC. The van der Waals surface area contributed by atoms with E-state index in [-0.39, 0.29) is 25.7 Å². The van der Waals surface area contributed by atoms with Crippen LogP contribution in [0.25, 0.3) is 0 Å². The van der Waals surface area contributed by atoms with Crippen LogP contribution in [0.15, 0.2) is 0 Å². The maximum absolute atomic E-state index is 13.1. The second kappa shape index (κ2) is 62.6. The zero-order valence-corrected chi connectivity index (χ0v) is 62.0. The lowest BCUT2D eigenvalue weighted by molar-refractivity contribution is -0.161. The summed E-state index contributed by atoms with van der Waals surface area (Å²) >= 11 is 0. The van der Waals surface area contributed by atoms with Gasteiger partial charge in [0.05, 0.1) is 26.4 Å². The number of esters is 4. The van der Waals surface area contributed by atoms with E-state index in [4.69, 9.17) is 37.0 Å². The van der Waals surface area contributed by atoms with Crippen LogP contribution in [0, 0.1) is 23.7 Å². The van der Waals surface area contributed by atoms with Gasteiger partial charge in [-0.3, -0.25) is 37.3 Å². The van der Waals surface area contributed by atoms with E-state index < -0.39 is 97.5 Å². The van der Waals surface area contributed by atoms with Gasteiger partial charge >= 0.3 is 39.5 Å². The zero-order valence-electron chi connectivity index (χ0n) is 60.2. The van der Waals surface area contributed by atoms with Crippen molar-refractivity contribution < 1.29 is 80.2 Å². The number of carbonyl (C=O) groups is 4. The number of ether oxygens (including phenoxy) is 4. The number of hydrogen-bond acceptors (Lipinski definition) is 15. The Balaban J connectivity index is 5.25. The van der Waals surface area contributed by atoms with Gasteiger partial charge in [-0.25, -0.2) is 9.13 Å². The summed E-state index contributed by atoms with van der Waals surface area (Å²) in [6.45, 7) is 14.1. The summed E-state index contributed by atoms with van der Waals surface area (Å²) in [7, 11) is -9.91. The number of aliphatic hydroxyl groups is 1. The molecule has 0 aromatic rings. The highest BCUT2D eigenvalue weighted by atomic mass is 31.2. The third-order valence-corrected chi connectivity index (χ3v) is 19.8. The second-order valence-corrected chi connectivity index (χ2v) is 30.4. The first kappa shape index (κ1) is 90.1. The molecule has 17 nitrogen and oxygen atoms in total. The monoisotopic (exact) mass is 1350 g/mol. The van der Waals surface area contributed by atoms with E-state index in [9.17, 15) is 43.2 Å². The van der Waals surface area contributed by atoms with Crippen LogP contribution in [-0.4, -0.2) is 96.7 Å². The molecule has 0 aromatic carbocycles. The highest BCUT2D eigenvalue weighted by Crippen LogP contribution is 2.45. The molecule has 0 amide bonds. The molecule has 8 atom stereocenters.